The molecule has 0 saturated carbocycles. The lowest BCUT2D eigenvalue weighted by molar-refractivity contribution is -0.118. The van der Waals surface area contributed by atoms with Gasteiger partial charge in [-0.15, -0.1) is 0 Å². The van der Waals surface area contributed by atoms with Gasteiger partial charge < -0.3 is 10.4 Å². The summed E-state index contributed by atoms with van der Waals surface area (Å²) in [5, 5.41) is 11.8. The molecule has 5 heteroatoms. The summed E-state index contributed by atoms with van der Waals surface area (Å²) in [6, 6.07) is 2.53. The van der Waals surface area contributed by atoms with Crippen molar-refractivity contribution in [1.82, 2.24) is 5.32 Å². The molecule has 0 unspecified atom stereocenters. The SMILES string of the molecule is CC(=O)NCCC=Cc1cc(F)c(O)c(C=O)c1. The number of amides is 1. The van der Waals surface area contributed by atoms with Gasteiger partial charge >= 0.3 is 0 Å². The monoisotopic (exact) mass is 251 g/mol. The molecular weight excluding hydrogens is 237 g/mol. The number of phenolic OH excluding ortho intramolecular Hbond substituents is 1. The highest BCUT2D eigenvalue weighted by Crippen LogP contribution is 2.22. The van der Waals surface area contributed by atoms with Gasteiger partial charge in [-0.05, 0) is 24.1 Å². The van der Waals surface area contributed by atoms with Crippen molar-refractivity contribution in [2.75, 3.05) is 6.54 Å². The molecule has 1 aromatic rings. The largest absolute Gasteiger partial charge is 0.504 e. The van der Waals surface area contributed by atoms with Crippen molar-refractivity contribution in [2.45, 2.75) is 13.3 Å². The van der Waals surface area contributed by atoms with Gasteiger partial charge in [0.25, 0.3) is 0 Å². The molecular formula is C13H14FNO3. The molecule has 0 heterocycles. The van der Waals surface area contributed by atoms with E-state index in [0.29, 0.717) is 24.8 Å². The quantitative estimate of drug-likeness (QED) is 0.620. The molecule has 2 N–H and O–H groups in total. The van der Waals surface area contributed by atoms with Crippen LogP contribution in [0.3, 0.4) is 0 Å². The van der Waals surface area contributed by atoms with E-state index in [4.69, 9.17) is 0 Å². The van der Waals surface area contributed by atoms with E-state index >= 15 is 0 Å². The third-order valence-corrected chi connectivity index (χ3v) is 2.24. The van der Waals surface area contributed by atoms with Gasteiger partial charge in [0, 0.05) is 13.5 Å². The first-order chi connectivity index (χ1) is 8.54. The summed E-state index contributed by atoms with van der Waals surface area (Å²) in [5.74, 6) is -1.58. The zero-order valence-electron chi connectivity index (χ0n) is 9.94. The number of nitrogens with one attached hydrogen (secondary N) is 1. The van der Waals surface area contributed by atoms with E-state index in [1.807, 2.05) is 0 Å². The van der Waals surface area contributed by atoms with E-state index in [-0.39, 0.29) is 11.5 Å². The molecule has 1 rings (SSSR count). The van der Waals surface area contributed by atoms with Crippen LogP contribution in [0.4, 0.5) is 4.39 Å². The zero-order chi connectivity index (χ0) is 13.5. The van der Waals surface area contributed by atoms with Crippen molar-refractivity contribution in [2.24, 2.45) is 0 Å². The van der Waals surface area contributed by atoms with Crippen LogP contribution in [0, 0.1) is 5.82 Å². The highest BCUT2D eigenvalue weighted by atomic mass is 19.1. The first-order valence-electron chi connectivity index (χ1n) is 5.43. The van der Waals surface area contributed by atoms with Crippen molar-refractivity contribution >= 4 is 18.3 Å². The highest BCUT2D eigenvalue weighted by Gasteiger charge is 2.07. The third kappa shape index (κ3) is 4.01. The van der Waals surface area contributed by atoms with Gasteiger partial charge in [0.15, 0.2) is 17.9 Å². The molecule has 0 aliphatic heterocycles. The Morgan fingerprint density at radius 2 is 2.22 bits per heavy atom. The minimum Gasteiger partial charge on any atom is -0.504 e. The van der Waals surface area contributed by atoms with E-state index < -0.39 is 11.6 Å². The van der Waals surface area contributed by atoms with Crippen LogP contribution >= 0.6 is 0 Å². The molecule has 1 aromatic carbocycles. The summed E-state index contributed by atoms with van der Waals surface area (Å²) in [7, 11) is 0. The van der Waals surface area contributed by atoms with Crippen molar-refractivity contribution in [3.8, 4) is 5.75 Å². The number of phenols is 1. The number of halogens is 1. The van der Waals surface area contributed by atoms with Gasteiger partial charge in [-0.3, -0.25) is 9.59 Å². The van der Waals surface area contributed by atoms with Crippen LogP contribution in [-0.2, 0) is 4.79 Å². The number of hydrogen-bond donors (Lipinski definition) is 2. The average molecular weight is 251 g/mol. The molecule has 0 aromatic heterocycles. The number of hydrogen-bond acceptors (Lipinski definition) is 3. The molecule has 0 aliphatic carbocycles. The molecule has 4 nitrogen and oxygen atoms in total. The number of aromatic hydroxyl groups is 1. The Balaban J connectivity index is 2.67. The van der Waals surface area contributed by atoms with Crippen molar-refractivity contribution in [1.29, 1.82) is 0 Å². The summed E-state index contributed by atoms with van der Waals surface area (Å²) < 4.78 is 13.2. The topological polar surface area (TPSA) is 66.4 Å². The summed E-state index contributed by atoms with van der Waals surface area (Å²) in [5.41, 5.74) is 0.395. The van der Waals surface area contributed by atoms with Gasteiger partial charge in [0.2, 0.25) is 5.91 Å². The predicted molar refractivity (Wildman–Crippen MR) is 65.8 cm³/mol. The van der Waals surface area contributed by atoms with Gasteiger partial charge in [0.1, 0.15) is 0 Å². The predicted octanol–water partition coefficient (Wildman–Crippen LogP) is 1.88. The Hall–Kier alpha value is -2.17. The third-order valence-electron chi connectivity index (χ3n) is 2.24. The van der Waals surface area contributed by atoms with Crippen LogP contribution in [0.25, 0.3) is 6.08 Å². The van der Waals surface area contributed by atoms with Gasteiger partial charge in [-0.25, -0.2) is 4.39 Å². The fraction of sp³-hybridized carbons (Fsp3) is 0.231. The second-order valence-corrected chi connectivity index (χ2v) is 3.73. The van der Waals surface area contributed by atoms with E-state index in [9.17, 15) is 19.1 Å². The molecule has 0 saturated heterocycles. The van der Waals surface area contributed by atoms with Crippen LogP contribution in [0.15, 0.2) is 18.2 Å². The second kappa shape index (κ2) is 6.54. The summed E-state index contributed by atoms with van der Waals surface area (Å²) in [6.45, 7) is 1.92. The summed E-state index contributed by atoms with van der Waals surface area (Å²) in [4.78, 5) is 21.2. The molecule has 0 bridgehead atoms. The molecule has 0 aliphatic rings. The minimum atomic E-state index is -0.832. The van der Waals surface area contributed by atoms with E-state index in [1.54, 1.807) is 12.2 Å². The number of carbonyl (C=O) groups excluding carboxylic acids is 2. The normalized spacial score (nSPS) is 10.6. The minimum absolute atomic E-state index is 0.0866. The molecule has 0 atom stereocenters. The van der Waals surface area contributed by atoms with Crippen molar-refractivity contribution in [3.05, 3.63) is 35.2 Å². The molecule has 0 spiro atoms. The number of aldehydes is 1. The van der Waals surface area contributed by atoms with Crippen molar-refractivity contribution in [3.63, 3.8) is 0 Å². The summed E-state index contributed by atoms with van der Waals surface area (Å²) in [6.07, 6.45) is 4.36. The fourth-order valence-corrected chi connectivity index (χ4v) is 1.38. The molecule has 1 amide bonds. The maximum absolute atomic E-state index is 13.2. The van der Waals surface area contributed by atoms with Gasteiger partial charge in [-0.1, -0.05) is 12.2 Å². The summed E-state index contributed by atoms with van der Waals surface area (Å²) >= 11 is 0. The number of rotatable bonds is 5. The maximum atomic E-state index is 13.2. The standard InChI is InChI=1S/C13H14FNO3/c1-9(17)15-5-3-2-4-10-6-11(8-16)13(18)12(14)7-10/h2,4,6-8,18H,3,5H2,1H3,(H,15,17). The lowest BCUT2D eigenvalue weighted by Crippen LogP contribution is -2.20. The van der Waals surface area contributed by atoms with Gasteiger partial charge in [-0.2, -0.15) is 0 Å². The Morgan fingerprint density at radius 3 is 2.83 bits per heavy atom. The van der Waals surface area contributed by atoms with E-state index in [1.165, 1.54) is 13.0 Å². The molecule has 18 heavy (non-hydrogen) atoms. The lowest BCUT2D eigenvalue weighted by Gasteiger charge is -2.01. The molecule has 0 radical (unpaired) electrons. The van der Waals surface area contributed by atoms with Crippen LogP contribution < -0.4 is 5.32 Å². The second-order valence-electron chi connectivity index (χ2n) is 3.73. The Bertz CT molecular complexity index is 483. The number of carbonyl (C=O) groups is 2. The fourth-order valence-electron chi connectivity index (χ4n) is 1.38. The first kappa shape index (κ1) is 13.9. The Labute approximate surface area is 104 Å². The molecule has 0 fully saturated rings. The average Bonchev–Trinajstić information content (AvgIpc) is 2.32. The van der Waals surface area contributed by atoms with E-state index in [0.717, 1.165) is 6.07 Å². The van der Waals surface area contributed by atoms with Crippen LogP contribution in [-0.4, -0.2) is 23.8 Å². The van der Waals surface area contributed by atoms with Gasteiger partial charge in [0.05, 0.1) is 5.56 Å². The highest BCUT2D eigenvalue weighted by molar-refractivity contribution is 5.80. The first-order valence-corrected chi connectivity index (χ1v) is 5.43. The van der Waals surface area contributed by atoms with Crippen LogP contribution in [0.5, 0.6) is 5.75 Å². The lowest BCUT2D eigenvalue weighted by atomic mass is 10.1. The Morgan fingerprint density at radius 1 is 1.50 bits per heavy atom. The van der Waals surface area contributed by atoms with Crippen LogP contribution in [0.2, 0.25) is 0 Å². The van der Waals surface area contributed by atoms with Crippen LogP contribution in [0.1, 0.15) is 29.3 Å². The smallest absolute Gasteiger partial charge is 0.216 e. The Kier molecular flexibility index (Phi) is 5.05. The zero-order valence-corrected chi connectivity index (χ0v) is 9.94. The maximum Gasteiger partial charge on any atom is 0.216 e. The number of benzene rings is 1. The van der Waals surface area contributed by atoms with E-state index in [2.05, 4.69) is 5.32 Å². The van der Waals surface area contributed by atoms with Crippen molar-refractivity contribution < 1.29 is 19.1 Å². The molecule has 96 valence electrons.